The van der Waals surface area contributed by atoms with Crippen molar-refractivity contribution in [3.05, 3.63) is 65.5 Å². The zero-order chi connectivity index (χ0) is 15.3. The summed E-state index contributed by atoms with van der Waals surface area (Å²) < 4.78 is 18.7. The Morgan fingerprint density at radius 1 is 1.19 bits per heavy atom. The van der Waals surface area contributed by atoms with Gasteiger partial charge in [0.05, 0.1) is 12.7 Å². The summed E-state index contributed by atoms with van der Waals surface area (Å²) in [6.45, 7) is 0. The Morgan fingerprint density at radius 3 is 2.48 bits per heavy atom. The minimum Gasteiger partial charge on any atom is -0.494 e. The Kier molecular flexibility index (Phi) is 5.21. The molecular formula is C17H18ClFO2. The Labute approximate surface area is 129 Å². The average Bonchev–Trinajstić information content (AvgIpc) is 2.48. The number of halogens is 2. The highest BCUT2D eigenvalue weighted by molar-refractivity contribution is 6.17. The number of benzene rings is 2. The van der Waals surface area contributed by atoms with Crippen LogP contribution in [0.2, 0.25) is 0 Å². The van der Waals surface area contributed by atoms with Gasteiger partial charge in [0.1, 0.15) is 0 Å². The summed E-state index contributed by atoms with van der Waals surface area (Å²) in [6, 6.07) is 14.0. The lowest BCUT2D eigenvalue weighted by Gasteiger charge is -2.28. The molecule has 2 aromatic carbocycles. The molecule has 2 rings (SSSR count). The first-order valence-electron chi connectivity index (χ1n) is 6.75. The van der Waals surface area contributed by atoms with E-state index >= 15 is 0 Å². The molecule has 0 aliphatic heterocycles. The molecule has 2 nitrogen and oxygen atoms in total. The van der Waals surface area contributed by atoms with Crippen LogP contribution in [0.1, 0.15) is 17.5 Å². The second-order valence-electron chi connectivity index (χ2n) is 4.98. The molecule has 0 saturated heterocycles. The van der Waals surface area contributed by atoms with Gasteiger partial charge in [0.2, 0.25) is 0 Å². The van der Waals surface area contributed by atoms with E-state index in [-0.39, 0.29) is 5.75 Å². The molecular weight excluding hydrogens is 291 g/mol. The van der Waals surface area contributed by atoms with Crippen LogP contribution in [0.5, 0.6) is 5.75 Å². The normalized spacial score (nSPS) is 13.7. The molecule has 0 aromatic heterocycles. The number of hydrogen-bond donors (Lipinski definition) is 1. The van der Waals surface area contributed by atoms with Crippen molar-refractivity contribution in [3.8, 4) is 5.75 Å². The number of methoxy groups -OCH3 is 1. The lowest BCUT2D eigenvalue weighted by molar-refractivity contribution is 0.0336. The molecule has 1 atom stereocenters. The predicted octanol–water partition coefficient (Wildman–Crippen LogP) is 3.89. The van der Waals surface area contributed by atoms with Gasteiger partial charge in [0.15, 0.2) is 11.6 Å². The maximum atomic E-state index is 13.8. The SMILES string of the molecule is COc1ccc(CC(O)(CCCl)c2ccccc2)cc1F. The molecule has 2 aromatic rings. The summed E-state index contributed by atoms with van der Waals surface area (Å²) in [5, 5.41) is 10.9. The first-order chi connectivity index (χ1) is 10.1. The quantitative estimate of drug-likeness (QED) is 0.820. The molecule has 1 unspecified atom stereocenters. The van der Waals surface area contributed by atoms with Gasteiger partial charge in [-0.05, 0) is 29.7 Å². The number of ether oxygens (including phenoxy) is 1. The van der Waals surface area contributed by atoms with Crippen molar-refractivity contribution in [3.63, 3.8) is 0 Å². The summed E-state index contributed by atoms with van der Waals surface area (Å²) in [4.78, 5) is 0. The third kappa shape index (κ3) is 3.74. The number of rotatable bonds is 6. The lowest BCUT2D eigenvalue weighted by atomic mass is 9.85. The summed E-state index contributed by atoms with van der Waals surface area (Å²) in [7, 11) is 1.42. The average molecular weight is 309 g/mol. The van der Waals surface area contributed by atoms with E-state index in [0.29, 0.717) is 24.3 Å². The molecule has 0 spiro atoms. The lowest BCUT2D eigenvalue weighted by Crippen LogP contribution is -2.29. The van der Waals surface area contributed by atoms with E-state index < -0.39 is 11.4 Å². The van der Waals surface area contributed by atoms with Crippen molar-refractivity contribution in [2.45, 2.75) is 18.4 Å². The van der Waals surface area contributed by atoms with Gasteiger partial charge < -0.3 is 9.84 Å². The van der Waals surface area contributed by atoms with Crippen LogP contribution in [-0.2, 0) is 12.0 Å². The smallest absolute Gasteiger partial charge is 0.165 e. The maximum Gasteiger partial charge on any atom is 0.165 e. The van der Waals surface area contributed by atoms with Gasteiger partial charge >= 0.3 is 0 Å². The fourth-order valence-corrected chi connectivity index (χ4v) is 2.71. The van der Waals surface area contributed by atoms with Gasteiger partial charge in [-0.3, -0.25) is 0 Å². The van der Waals surface area contributed by atoms with Crippen LogP contribution in [0.15, 0.2) is 48.5 Å². The van der Waals surface area contributed by atoms with E-state index in [4.69, 9.17) is 16.3 Å². The van der Waals surface area contributed by atoms with Crippen LogP contribution in [0.25, 0.3) is 0 Å². The van der Waals surface area contributed by atoms with E-state index in [1.807, 2.05) is 30.3 Å². The summed E-state index contributed by atoms with van der Waals surface area (Å²) in [5.41, 5.74) is 0.371. The fraction of sp³-hybridized carbons (Fsp3) is 0.294. The van der Waals surface area contributed by atoms with Crippen molar-refractivity contribution in [1.29, 1.82) is 0 Å². The number of aliphatic hydroxyl groups is 1. The van der Waals surface area contributed by atoms with Crippen LogP contribution < -0.4 is 4.74 Å². The first kappa shape index (κ1) is 15.8. The van der Waals surface area contributed by atoms with Gasteiger partial charge in [-0.15, -0.1) is 11.6 Å². The monoisotopic (exact) mass is 308 g/mol. The van der Waals surface area contributed by atoms with E-state index in [0.717, 1.165) is 5.56 Å². The Hall–Kier alpha value is -1.58. The van der Waals surface area contributed by atoms with Crippen LogP contribution >= 0.6 is 11.6 Å². The van der Waals surface area contributed by atoms with Crippen LogP contribution in [0.3, 0.4) is 0 Å². The van der Waals surface area contributed by atoms with Crippen molar-refractivity contribution in [2.75, 3.05) is 13.0 Å². The molecule has 1 N–H and O–H groups in total. The highest BCUT2D eigenvalue weighted by Gasteiger charge is 2.29. The molecule has 4 heteroatoms. The second kappa shape index (κ2) is 6.92. The Morgan fingerprint density at radius 2 is 1.90 bits per heavy atom. The minimum atomic E-state index is -1.11. The van der Waals surface area contributed by atoms with Crippen molar-refractivity contribution < 1.29 is 14.2 Å². The highest BCUT2D eigenvalue weighted by Crippen LogP contribution is 2.31. The zero-order valence-electron chi connectivity index (χ0n) is 11.9. The number of hydrogen-bond acceptors (Lipinski definition) is 2. The highest BCUT2D eigenvalue weighted by atomic mass is 35.5. The molecule has 112 valence electrons. The van der Waals surface area contributed by atoms with Gasteiger partial charge in [-0.2, -0.15) is 0 Å². The van der Waals surface area contributed by atoms with Gasteiger partial charge in [-0.25, -0.2) is 4.39 Å². The molecule has 21 heavy (non-hydrogen) atoms. The molecule has 0 heterocycles. The third-order valence-corrected chi connectivity index (χ3v) is 3.72. The summed E-state index contributed by atoms with van der Waals surface area (Å²) in [6.07, 6.45) is 0.691. The first-order valence-corrected chi connectivity index (χ1v) is 7.29. The van der Waals surface area contributed by atoms with Crippen LogP contribution in [0, 0.1) is 5.82 Å². The van der Waals surface area contributed by atoms with Crippen molar-refractivity contribution >= 4 is 11.6 Å². The van der Waals surface area contributed by atoms with Gasteiger partial charge in [-0.1, -0.05) is 36.4 Å². The molecule has 0 saturated carbocycles. The maximum absolute atomic E-state index is 13.8. The molecule has 0 amide bonds. The molecule has 0 radical (unpaired) electrons. The number of alkyl halides is 1. The topological polar surface area (TPSA) is 29.5 Å². The predicted molar refractivity (Wildman–Crippen MR) is 82.3 cm³/mol. The Balaban J connectivity index is 2.30. The van der Waals surface area contributed by atoms with Crippen LogP contribution in [-0.4, -0.2) is 18.1 Å². The van der Waals surface area contributed by atoms with Crippen molar-refractivity contribution in [1.82, 2.24) is 0 Å². The summed E-state index contributed by atoms with van der Waals surface area (Å²) >= 11 is 5.83. The fourth-order valence-electron chi connectivity index (χ4n) is 2.40. The standard InChI is InChI=1S/C17H18ClFO2/c1-21-16-8-7-13(11-15(16)19)12-17(20,9-10-18)14-5-3-2-4-6-14/h2-8,11,20H,9-10,12H2,1H3. The van der Waals surface area contributed by atoms with Crippen LogP contribution in [0.4, 0.5) is 4.39 Å². The molecule has 0 bridgehead atoms. The van der Waals surface area contributed by atoms with Crippen molar-refractivity contribution in [2.24, 2.45) is 0 Å². The van der Waals surface area contributed by atoms with Gasteiger partial charge in [0.25, 0.3) is 0 Å². The molecule has 0 fully saturated rings. The van der Waals surface area contributed by atoms with E-state index in [1.165, 1.54) is 13.2 Å². The third-order valence-electron chi connectivity index (χ3n) is 3.53. The minimum absolute atomic E-state index is 0.194. The summed E-state index contributed by atoms with van der Waals surface area (Å²) in [5.74, 6) is 0.0833. The largest absolute Gasteiger partial charge is 0.494 e. The second-order valence-corrected chi connectivity index (χ2v) is 5.36. The van der Waals surface area contributed by atoms with E-state index in [1.54, 1.807) is 12.1 Å². The van der Waals surface area contributed by atoms with E-state index in [9.17, 15) is 9.50 Å². The van der Waals surface area contributed by atoms with E-state index in [2.05, 4.69) is 0 Å². The van der Waals surface area contributed by atoms with Gasteiger partial charge in [0, 0.05) is 12.3 Å². The molecule has 0 aliphatic carbocycles. The zero-order valence-corrected chi connectivity index (χ0v) is 12.6. The molecule has 0 aliphatic rings. The Bertz CT molecular complexity index is 589.